The molecular formula is C44H50ClN9O3. The average Bonchev–Trinajstić information content (AvgIpc) is 3.78. The van der Waals surface area contributed by atoms with Crippen molar-refractivity contribution in [2.75, 3.05) is 68.7 Å². The van der Waals surface area contributed by atoms with Gasteiger partial charge in [-0.15, -0.1) is 0 Å². The zero-order valence-electron chi connectivity index (χ0n) is 32.6. The number of piperidine rings is 3. The van der Waals surface area contributed by atoms with Gasteiger partial charge < -0.3 is 19.7 Å². The minimum atomic E-state index is -0.675. The quantitative estimate of drug-likeness (QED) is 0.191. The van der Waals surface area contributed by atoms with Gasteiger partial charge in [-0.3, -0.25) is 28.9 Å². The lowest BCUT2D eigenvalue weighted by molar-refractivity contribution is -0.135. The maximum Gasteiger partial charge on any atom is 0.329 e. The number of carbonyl (C=O) groups excluding carboxylic acids is 2. The number of aromatic amines is 1. The van der Waals surface area contributed by atoms with Crippen molar-refractivity contribution in [1.29, 1.82) is 5.26 Å². The van der Waals surface area contributed by atoms with Crippen LogP contribution in [0.4, 0.5) is 11.4 Å². The predicted molar refractivity (Wildman–Crippen MR) is 224 cm³/mol. The van der Waals surface area contributed by atoms with Gasteiger partial charge in [-0.2, -0.15) is 5.26 Å². The average molecular weight is 788 g/mol. The van der Waals surface area contributed by atoms with Gasteiger partial charge in [-0.05, 0) is 85.4 Å². The third-order valence-electron chi connectivity index (χ3n) is 13.1. The number of aryl methyl sites for hydroxylation is 1. The van der Waals surface area contributed by atoms with E-state index in [4.69, 9.17) is 11.6 Å². The normalized spacial score (nSPS) is 20.8. The van der Waals surface area contributed by atoms with E-state index in [1.54, 1.807) is 22.4 Å². The van der Waals surface area contributed by atoms with Gasteiger partial charge in [0.2, 0.25) is 11.8 Å². The molecule has 4 aliphatic rings. The van der Waals surface area contributed by atoms with Crippen LogP contribution < -0.4 is 20.8 Å². The number of fused-ring (bicyclic) bond motifs is 2. The van der Waals surface area contributed by atoms with Crippen LogP contribution in [0.5, 0.6) is 0 Å². The zero-order valence-corrected chi connectivity index (χ0v) is 33.3. The summed E-state index contributed by atoms with van der Waals surface area (Å²) < 4.78 is 3.23. The first-order valence-electron chi connectivity index (χ1n) is 20.5. The second-order valence-corrected chi connectivity index (χ2v) is 16.9. The molecule has 1 atom stereocenters. The van der Waals surface area contributed by atoms with Crippen LogP contribution in [0.15, 0.2) is 65.6 Å². The molecule has 3 aromatic carbocycles. The van der Waals surface area contributed by atoms with E-state index < -0.39 is 11.9 Å². The molecule has 57 heavy (non-hydrogen) atoms. The predicted octanol–water partition coefficient (Wildman–Crippen LogP) is 5.74. The first-order chi connectivity index (χ1) is 27.7. The summed E-state index contributed by atoms with van der Waals surface area (Å²) in [5, 5.41) is 13.4. The number of aromatic nitrogens is 3. The smallest absolute Gasteiger partial charge is 0.329 e. The third kappa shape index (κ3) is 7.22. The van der Waals surface area contributed by atoms with Crippen molar-refractivity contribution in [3.8, 4) is 6.07 Å². The number of H-pyrrole nitrogens is 1. The van der Waals surface area contributed by atoms with Crippen LogP contribution in [-0.2, 0) is 23.2 Å². The molecule has 0 bridgehead atoms. The second kappa shape index (κ2) is 15.7. The molecule has 13 heteroatoms. The van der Waals surface area contributed by atoms with E-state index in [9.17, 15) is 19.6 Å². The first kappa shape index (κ1) is 37.5. The van der Waals surface area contributed by atoms with Crippen molar-refractivity contribution in [1.82, 2.24) is 29.2 Å². The Hall–Kier alpha value is -5.09. The van der Waals surface area contributed by atoms with Crippen molar-refractivity contribution in [3.63, 3.8) is 0 Å². The number of anilines is 2. The van der Waals surface area contributed by atoms with Crippen LogP contribution in [0.25, 0.3) is 21.9 Å². The van der Waals surface area contributed by atoms with Crippen LogP contribution in [0.1, 0.15) is 67.2 Å². The van der Waals surface area contributed by atoms with Gasteiger partial charge >= 0.3 is 5.69 Å². The van der Waals surface area contributed by atoms with Crippen LogP contribution in [0, 0.1) is 17.2 Å². The molecule has 2 aromatic heterocycles. The molecule has 2 amide bonds. The number of halogens is 1. The molecule has 296 valence electrons. The molecule has 4 aliphatic heterocycles. The van der Waals surface area contributed by atoms with E-state index in [2.05, 4.69) is 72.4 Å². The number of imidazole rings is 1. The van der Waals surface area contributed by atoms with Crippen LogP contribution in [-0.4, -0.2) is 94.6 Å². The van der Waals surface area contributed by atoms with Gasteiger partial charge in [-0.1, -0.05) is 35.9 Å². The number of rotatable bonds is 8. The van der Waals surface area contributed by atoms with Gasteiger partial charge in [0, 0.05) is 96.2 Å². The summed E-state index contributed by atoms with van der Waals surface area (Å²) in [5.41, 5.74) is 7.89. The summed E-state index contributed by atoms with van der Waals surface area (Å²) in [4.78, 5) is 51.2. The first-order valence-corrected chi connectivity index (χ1v) is 20.9. The Balaban J connectivity index is 0.741. The monoisotopic (exact) mass is 787 g/mol. The summed E-state index contributed by atoms with van der Waals surface area (Å²) >= 11 is 6.46. The molecule has 4 fully saturated rings. The molecule has 6 heterocycles. The van der Waals surface area contributed by atoms with Crippen LogP contribution in [0.3, 0.4) is 0 Å². The Morgan fingerprint density at radius 3 is 2.26 bits per heavy atom. The fourth-order valence-electron chi connectivity index (χ4n) is 9.94. The highest BCUT2D eigenvalue weighted by Gasteiger charge is 2.32. The number of nitriles is 1. The lowest BCUT2D eigenvalue weighted by Gasteiger charge is -2.39. The number of piperazine rings is 1. The third-order valence-corrected chi connectivity index (χ3v) is 13.5. The minimum Gasteiger partial charge on any atom is -0.372 e. The van der Waals surface area contributed by atoms with E-state index >= 15 is 0 Å². The highest BCUT2D eigenvalue weighted by Crippen LogP contribution is 2.38. The Bertz CT molecular complexity index is 2400. The fraction of sp³-hybridized carbons (Fsp3) is 0.455. The molecule has 0 radical (unpaired) electrons. The van der Waals surface area contributed by atoms with E-state index in [1.165, 1.54) is 24.1 Å². The Morgan fingerprint density at radius 1 is 0.825 bits per heavy atom. The Kier molecular flexibility index (Phi) is 10.3. The topological polar surface area (TPSA) is 126 Å². The maximum atomic E-state index is 13.4. The summed E-state index contributed by atoms with van der Waals surface area (Å²) in [6.07, 6.45) is 6.91. The van der Waals surface area contributed by atoms with Gasteiger partial charge in [-0.25, -0.2) is 4.79 Å². The summed E-state index contributed by atoms with van der Waals surface area (Å²) in [7, 11) is 1.78. The molecule has 0 spiro atoms. The SMILES string of the molecule is Cn1c(=O)n(C2CCC(=O)NC2=O)c2cccc(CN3CCN(CC4CCN(c5ccc(C6CCN(c7ccc(Cl)c8c(C#N)c[nH]c78)CC6)cc5)CC4)CC3)c21. The second-order valence-electron chi connectivity index (χ2n) is 16.5. The van der Waals surface area contributed by atoms with Crippen molar-refractivity contribution in [2.45, 2.75) is 57.0 Å². The van der Waals surface area contributed by atoms with Crippen molar-refractivity contribution < 1.29 is 9.59 Å². The lowest BCUT2D eigenvalue weighted by atomic mass is 9.89. The number of hydrogen-bond acceptors (Lipinski definition) is 8. The Labute approximate surface area is 337 Å². The fourth-order valence-corrected chi connectivity index (χ4v) is 10.2. The molecule has 0 saturated carbocycles. The molecule has 9 rings (SSSR count). The van der Waals surface area contributed by atoms with Crippen molar-refractivity contribution in [3.05, 3.63) is 93.0 Å². The molecule has 0 aliphatic carbocycles. The van der Waals surface area contributed by atoms with Gasteiger partial charge in [0.15, 0.2) is 0 Å². The molecule has 2 N–H and O–H groups in total. The molecule has 1 unspecified atom stereocenters. The molecule has 4 saturated heterocycles. The van der Waals surface area contributed by atoms with E-state index in [1.807, 2.05) is 18.2 Å². The number of nitrogens with zero attached hydrogens (tertiary/aromatic N) is 7. The summed E-state index contributed by atoms with van der Waals surface area (Å²) in [6, 6.07) is 20.9. The van der Waals surface area contributed by atoms with E-state index in [-0.39, 0.29) is 18.0 Å². The number of hydrogen-bond donors (Lipinski definition) is 2. The van der Waals surface area contributed by atoms with E-state index in [0.717, 1.165) is 111 Å². The lowest BCUT2D eigenvalue weighted by Crippen LogP contribution is -2.48. The highest BCUT2D eigenvalue weighted by atomic mass is 35.5. The number of benzene rings is 3. The zero-order chi connectivity index (χ0) is 39.2. The number of amides is 2. The number of para-hydroxylation sites is 1. The number of imide groups is 1. The van der Waals surface area contributed by atoms with Gasteiger partial charge in [0.1, 0.15) is 12.1 Å². The van der Waals surface area contributed by atoms with Crippen molar-refractivity contribution in [2.24, 2.45) is 13.0 Å². The summed E-state index contributed by atoms with van der Waals surface area (Å²) in [5.74, 6) is 0.552. The number of carbonyl (C=O) groups is 2. The standard InChI is InChI=1S/C44H50ClN9O3/c1-49-42-32(3-2-4-37(42)54(44(49)57)38-11-12-39(55)48-43(38)56)28-51-23-21-50(22-24-51)27-29-13-17-52(18-14-29)34-7-5-30(6-8-34)31-15-19-53(20-16-31)36-10-9-35(45)40-33(25-46)26-47-41(36)40/h2-10,26,29,31,38,47H,11-24,27-28H2,1H3,(H,48,55,56). The van der Waals surface area contributed by atoms with Gasteiger partial charge in [0.05, 0.1) is 32.8 Å². The minimum absolute atomic E-state index is 0.223. The largest absolute Gasteiger partial charge is 0.372 e. The molecule has 5 aromatic rings. The van der Waals surface area contributed by atoms with Crippen LogP contribution >= 0.6 is 11.6 Å². The summed E-state index contributed by atoms with van der Waals surface area (Å²) in [6.45, 7) is 10.0. The van der Waals surface area contributed by atoms with Crippen LogP contribution in [0.2, 0.25) is 5.02 Å². The molecular weight excluding hydrogens is 738 g/mol. The van der Waals surface area contributed by atoms with E-state index in [0.29, 0.717) is 28.8 Å². The highest BCUT2D eigenvalue weighted by molar-refractivity contribution is 6.36. The Morgan fingerprint density at radius 2 is 1.54 bits per heavy atom. The molecule has 12 nitrogen and oxygen atoms in total. The van der Waals surface area contributed by atoms with Crippen molar-refractivity contribution >= 4 is 56.7 Å². The van der Waals surface area contributed by atoms with Gasteiger partial charge in [0.25, 0.3) is 0 Å². The number of nitrogens with one attached hydrogen (secondary N) is 2. The maximum absolute atomic E-state index is 13.4.